The van der Waals surface area contributed by atoms with Crippen LogP contribution >= 0.6 is 0 Å². The van der Waals surface area contributed by atoms with Gasteiger partial charge in [-0.1, -0.05) is 19.1 Å². The number of urea groups is 1. The zero-order valence-electron chi connectivity index (χ0n) is 11.2. The molecule has 1 heterocycles. The van der Waals surface area contributed by atoms with E-state index in [0.717, 1.165) is 5.57 Å². The fourth-order valence-electron chi connectivity index (χ4n) is 2.19. The van der Waals surface area contributed by atoms with Gasteiger partial charge in [-0.2, -0.15) is 0 Å². The third-order valence-electron chi connectivity index (χ3n) is 3.68. The van der Waals surface area contributed by atoms with Gasteiger partial charge in [0.2, 0.25) is 0 Å². The summed E-state index contributed by atoms with van der Waals surface area (Å²) in [6, 6.07) is -0.131. The smallest absolute Gasteiger partial charge is 0.317 e. The lowest BCUT2D eigenvalue weighted by Crippen LogP contribution is -2.49. The van der Waals surface area contributed by atoms with Gasteiger partial charge in [0.15, 0.2) is 0 Å². The molecule has 0 aromatic rings. The summed E-state index contributed by atoms with van der Waals surface area (Å²) in [6.45, 7) is 8.93. The van der Waals surface area contributed by atoms with E-state index in [4.69, 9.17) is 0 Å². The third kappa shape index (κ3) is 3.24. The molecule has 2 amide bonds. The molecule has 0 bridgehead atoms. The molecule has 0 aromatic heterocycles. The first-order valence-electron chi connectivity index (χ1n) is 6.32. The van der Waals surface area contributed by atoms with Crippen LogP contribution in [0.25, 0.3) is 0 Å². The minimum absolute atomic E-state index is 0.131. The molecule has 1 fully saturated rings. The number of hydrogen-bond donors (Lipinski definition) is 2. The summed E-state index contributed by atoms with van der Waals surface area (Å²) in [7, 11) is 0. The van der Waals surface area contributed by atoms with Crippen LogP contribution in [-0.4, -0.2) is 41.6 Å². The Morgan fingerprint density at radius 3 is 2.33 bits per heavy atom. The zero-order valence-corrected chi connectivity index (χ0v) is 11.2. The highest BCUT2D eigenvalue weighted by Crippen LogP contribution is 2.35. The predicted molar refractivity (Wildman–Crippen MR) is 69.4 cm³/mol. The fraction of sp³-hybridized carbons (Fsp3) is 0.692. The second-order valence-electron chi connectivity index (χ2n) is 5.04. The van der Waals surface area contributed by atoms with Gasteiger partial charge in [0.1, 0.15) is 0 Å². The molecule has 5 heteroatoms. The Bertz CT molecular complexity index is 344. The van der Waals surface area contributed by atoms with E-state index in [2.05, 4.69) is 11.9 Å². The summed E-state index contributed by atoms with van der Waals surface area (Å²) >= 11 is 0. The van der Waals surface area contributed by atoms with Crippen LogP contribution in [0.1, 0.15) is 33.1 Å². The van der Waals surface area contributed by atoms with E-state index < -0.39 is 11.4 Å². The summed E-state index contributed by atoms with van der Waals surface area (Å²) in [5, 5.41) is 12.0. The maximum atomic E-state index is 11.8. The predicted octanol–water partition coefficient (Wildman–Crippen LogP) is 1.85. The van der Waals surface area contributed by atoms with Crippen molar-refractivity contribution in [2.24, 2.45) is 5.41 Å². The maximum Gasteiger partial charge on any atom is 0.317 e. The monoisotopic (exact) mass is 254 g/mol. The van der Waals surface area contributed by atoms with Crippen molar-refractivity contribution in [1.29, 1.82) is 0 Å². The number of carboxylic acids is 1. The van der Waals surface area contributed by atoms with E-state index in [1.165, 1.54) is 0 Å². The van der Waals surface area contributed by atoms with Gasteiger partial charge in [0, 0.05) is 19.6 Å². The lowest BCUT2D eigenvalue weighted by molar-refractivity contribution is -0.151. The molecule has 2 N–H and O–H groups in total. The molecule has 1 rings (SSSR count). The minimum Gasteiger partial charge on any atom is -0.481 e. The molecule has 0 aliphatic carbocycles. The van der Waals surface area contributed by atoms with Crippen molar-refractivity contribution in [2.75, 3.05) is 19.6 Å². The lowest BCUT2D eigenvalue weighted by Gasteiger charge is -2.38. The first-order chi connectivity index (χ1) is 8.41. The number of hydrogen-bond acceptors (Lipinski definition) is 2. The first-order valence-corrected chi connectivity index (χ1v) is 6.32. The highest BCUT2D eigenvalue weighted by Gasteiger charge is 2.40. The Hall–Kier alpha value is -1.52. The standard InChI is InChI=1S/C13H22N2O3/c1-4-13(11(16)17)5-7-15(8-6-13)12(18)14-9-10(2)3/h2,4-9H2,1,3H3,(H,14,18)(H,16,17). The van der Waals surface area contributed by atoms with Crippen molar-refractivity contribution < 1.29 is 14.7 Å². The molecule has 0 spiro atoms. The van der Waals surface area contributed by atoms with E-state index in [9.17, 15) is 14.7 Å². The van der Waals surface area contributed by atoms with Crippen LogP contribution in [0.4, 0.5) is 4.79 Å². The zero-order chi connectivity index (χ0) is 13.8. The van der Waals surface area contributed by atoms with Crippen molar-refractivity contribution in [3.05, 3.63) is 12.2 Å². The van der Waals surface area contributed by atoms with E-state index in [1.54, 1.807) is 4.90 Å². The number of carbonyl (C=O) groups excluding carboxylic acids is 1. The molecule has 102 valence electrons. The van der Waals surface area contributed by atoms with Gasteiger partial charge >= 0.3 is 12.0 Å². The SMILES string of the molecule is C=C(C)CNC(=O)N1CCC(CC)(C(=O)O)CC1. The van der Waals surface area contributed by atoms with Crippen LogP contribution in [0.15, 0.2) is 12.2 Å². The number of piperidine rings is 1. The van der Waals surface area contributed by atoms with Crippen LogP contribution < -0.4 is 5.32 Å². The Morgan fingerprint density at radius 2 is 1.94 bits per heavy atom. The molecule has 1 aliphatic heterocycles. The van der Waals surface area contributed by atoms with Gasteiger partial charge in [-0.25, -0.2) is 4.79 Å². The van der Waals surface area contributed by atoms with E-state index >= 15 is 0 Å². The second kappa shape index (κ2) is 5.89. The van der Waals surface area contributed by atoms with Crippen molar-refractivity contribution >= 4 is 12.0 Å². The van der Waals surface area contributed by atoms with Crippen molar-refractivity contribution in [3.8, 4) is 0 Å². The van der Waals surface area contributed by atoms with Crippen LogP contribution in [0.3, 0.4) is 0 Å². The summed E-state index contributed by atoms with van der Waals surface area (Å²) < 4.78 is 0. The van der Waals surface area contributed by atoms with Crippen LogP contribution in [0, 0.1) is 5.41 Å². The summed E-state index contributed by atoms with van der Waals surface area (Å²) in [6.07, 6.45) is 1.67. The van der Waals surface area contributed by atoms with Crippen molar-refractivity contribution in [2.45, 2.75) is 33.1 Å². The Balaban J connectivity index is 2.50. The average molecular weight is 254 g/mol. The molecule has 5 nitrogen and oxygen atoms in total. The van der Waals surface area contributed by atoms with Gasteiger partial charge in [-0.3, -0.25) is 4.79 Å². The molecular weight excluding hydrogens is 232 g/mol. The molecule has 0 unspecified atom stereocenters. The molecule has 1 aliphatic rings. The Morgan fingerprint density at radius 1 is 1.39 bits per heavy atom. The Labute approximate surface area is 108 Å². The van der Waals surface area contributed by atoms with E-state index in [1.807, 2.05) is 13.8 Å². The number of carbonyl (C=O) groups is 2. The van der Waals surface area contributed by atoms with Crippen molar-refractivity contribution in [1.82, 2.24) is 10.2 Å². The molecule has 0 saturated carbocycles. The molecular formula is C13H22N2O3. The van der Waals surface area contributed by atoms with E-state index in [-0.39, 0.29) is 6.03 Å². The van der Waals surface area contributed by atoms with Gasteiger partial charge in [-0.05, 0) is 26.2 Å². The summed E-state index contributed by atoms with van der Waals surface area (Å²) in [5.41, 5.74) is 0.249. The number of likely N-dealkylation sites (tertiary alicyclic amines) is 1. The van der Waals surface area contributed by atoms with Gasteiger partial charge in [0.25, 0.3) is 0 Å². The van der Waals surface area contributed by atoms with Gasteiger partial charge in [0.05, 0.1) is 5.41 Å². The number of amides is 2. The minimum atomic E-state index is -0.744. The number of carboxylic acid groups (broad SMARTS) is 1. The highest BCUT2D eigenvalue weighted by molar-refractivity contribution is 5.77. The molecule has 0 atom stereocenters. The topological polar surface area (TPSA) is 69.6 Å². The summed E-state index contributed by atoms with van der Waals surface area (Å²) in [4.78, 5) is 24.7. The number of aliphatic carboxylic acids is 1. The number of nitrogens with zero attached hydrogens (tertiary/aromatic N) is 1. The lowest BCUT2D eigenvalue weighted by atomic mass is 9.76. The van der Waals surface area contributed by atoms with E-state index in [0.29, 0.717) is 38.9 Å². The number of nitrogens with one attached hydrogen (secondary N) is 1. The molecule has 1 saturated heterocycles. The molecule has 18 heavy (non-hydrogen) atoms. The number of rotatable bonds is 4. The van der Waals surface area contributed by atoms with Gasteiger partial charge in [-0.15, -0.1) is 0 Å². The van der Waals surface area contributed by atoms with Gasteiger partial charge < -0.3 is 15.3 Å². The van der Waals surface area contributed by atoms with Crippen LogP contribution in [0.5, 0.6) is 0 Å². The molecule has 0 radical (unpaired) electrons. The average Bonchev–Trinajstić information content (AvgIpc) is 2.35. The van der Waals surface area contributed by atoms with Crippen molar-refractivity contribution in [3.63, 3.8) is 0 Å². The summed E-state index contributed by atoms with van der Waals surface area (Å²) in [5.74, 6) is -0.744. The Kier molecular flexibility index (Phi) is 4.76. The highest BCUT2D eigenvalue weighted by atomic mass is 16.4. The fourth-order valence-corrected chi connectivity index (χ4v) is 2.19. The van der Waals surface area contributed by atoms with Crippen LogP contribution in [-0.2, 0) is 4.79 Å². The normalized spacial score (nSPS) is 18.2. The molecule has 0 aromatic carbocycles. The quantitative estimate of drug-likeness (QED) is 0.752. The second-order valence-corrected chi connectivity index (χ2v) is 5.04. The first kappa shape index (κ1) is 14.5. The third-order valence-corrected chi connectivity index (χ3v) is 3.68. The van der Waals surface area contributed by atoms with Crippen LogP contribution in [0.2, 0.25) is 0 Å². The largest absolute Gasteiger partial charge is 0.481 e. The maximum absolute atomic E-state index is 11.8.